The molecule has 0 bridgehead atoms. The molecule has 1 aromatic rings. The van der Waals surface area contributed by atoms with E-state index < -0.39 is 11.7 Å². The minimum Gasteiger partial charge on any atom is -0.497 e. The van der Waals surface area contributed by atoms with Gasteiger partial charge in [0.25, 0.3) is 0 Å². The van der Waals surface area contributed by atoms with Crippen LogP contribution in [-0.4, -0.2) is 25.3 Å². The molecule has 0 radical (unpaired) electrons. The van der Waals surface area contributed by atoms with Crippen LogP contribution in [0.3, 0.4) is 0 Å². The molecule has 0 aliphatic rings. The molecule has 5 nitrogen and oxygen atoms in total. The van der Waals surface area contributed by atoms with E-state index in [0.29, 0.717) is 6.54 Å². The number of hydrogen-bond donors (Lipinski definition) is 2. The van der Waals surface area contributed by atoms with Gasteiger partial charge >= 0.3 is 6.09 Å². The van der Waals surface area contributed by atoms with Gasteiger partial charge in [0, 0.05) is 12.6 Å². The average molecular weight is 266 g/mol. The minimum absolute atomic E-state index is 0.279. The third-order valence-electron chi connectivity index (χ3n) is 2.41. The number of carbonyl (C=O) groups is 1. The van der Waals surface area contributed by atoms with Crippen molar-refractivity contribution in [2.45, 2.75) is 32.4 Å². The highest BCUT2D eigenvalue weighted by Crippen LogP contribution is 2.15. The van der Waals surface area contributed by atoms with E-state index in [4.69, 9.17) is 15.2 Å². The first-order chi connectivity index (χ1) is 8.81. The van der Waals surface area contributed by atoms with Gasteiger partial charge in [-0.2, -0.15) is 0 Å². The summed E-state index contributed by atoms with van der Waals surface area (Å²) in [6, 6.07) is 7.14. The van der Waals surface area contributed by atoms with E-state index in [9.17, 15) is 4.79 Å². The predicted molar refractivity (Wildman–Crippen MR) is 74.2 cm³/mol. The van der Waals surface area contributed by atoms with Gasteiger partial charge in [0.15, 0.2) is 0 Å². The van der Waals surface area contributed by atoms with E-state index in [1.807, 2.05) is 45.0 Å². The molecule has 0 saturated carbocycles. The summed E-state index contributed by atoms with van der Waals surface area (Å²) in [5.74, 6) is 0.774. The molecule has 0 fully saturated rings. The van der Waals surface area contributed by atoms with Crippen molar-refractivity contribution in [1.29, 1.82) is 0 Å². The SMILES string of the molecule is COc1ccc([C@H](N)CNC(=O)OC(C)(C)C)cc1. The molecule has 0 aromatic heterocycles. The Morgan fingerprint density at radius 2 is 1.89 bits per heavy atom. The Morgan fingerprint density at radius 3 is 2.37 bits per heavy atom. The van der Waals surface area contributed by atoms with Gasteiger partial charge in [-0.15, -0.1) is 0 Å². The Hall–Kier alpha value is -1.75. The molecule has 1 rings (SSSR count). The van der Waals surface area contributed by atoms with Gasteiger partial charge in [0.05, 0.1) is 7.11 Å². The van der Waals surface area contributed by atoms with Crippen LogP contribution >= 0.6 is 0 Å². The third-order valence-corrected chi connectivity index (χ3v) is 2.41. The molecule has 0 heterocycles. The third kappa shape index (κ3) is 5.61. The maximum atomic E-state index is 11.5. The van der Waals surface area contributed by atoms with Gasteiger partial charge in [-0.3, -0.25) is 0 Å². The lowest BCUT2D eigenvalue weighted by molar-refractivity contribution is 0.0524. The lowest BCUT2D eigenvalue weighted by atomic mass is 10.1. The van der Waals surface area contributed by atoms with Crippen LogP contribution in [0.15, 0.2) is 24.3 Å². The van der Waals surface area contributed by atoms with E-state index in [1.165, 1.54) is 0 Å². The van der Waals surface area contributed by atoms with E-state index in [-0.39, 0.29) is 6.04 Å². The zero-order chi connectivity index (χ0) is 14.5. The summed E-state index contributed by atoms with van der Waals surface area (Å²) in [6.45, 7) is 5.77. The van der Waals surface area contributed by atoms with Crippen molar-refractivity contribution in [3.8, 4) is 5.75 Å². The lowest BCUT2D eigenvalue weighted by Crippen LogP contribution is -2.36. The molecular formula is C14H22N2O3. The summed E-state index contributed by atoms with van der Waals surface area (Å²) in [4.78, 5) is 11.5. The highest BCUT2D eigenvalue weighted by molar-refractivity contribution is 5.67. The molecule has 0 unspecified atom stereocenters. The number of alkyl carbamates (subject to hydrolysis) is 1. The van der Waals surface area contributed by atoms with Crippen molar-refractivity contribution < 1.29 is 14.3 Å². The highest BCUT2D eigenvalue weighted by Gasteiger charge is 2.16. The normalized spacial score (nSPS) is 12.7. The Kier molecular flexibility index (Phi) is 5.18. The van der Waals surface area contributed by atoms with Crippen LogP contribution in [0.2, 0.25) is 0 Å². The van der Waals surface area contributed by atoms with E-state index in [0.717, 1.165) is 11.3 Å². The van der Waals surface area contributed by atoms with Crippen LogP contribution in [0.1, 0.15) is 32.4 Å². The Morgan fingerprint density at radius 1 is 1.32 bits per heavy atom. The molecule has 1 atom stereocenters. The number of nitrogens with two attached hydrogens (primary N) is 1. The summed E-state index contributed by atoms with van der Waals surface area (Å²) in [5, 5.41) is 2.65. The number of methoxy groups -OCH3 is 1. The Balaban J connectivity index is 2.46. The van der Waals surface area contributed by atoms with Crippen molar-refractivity contribution >= 4 is 6.09 Å². The smallest absolute Gasteiger partial charge is 0.407 e. The van der Waals surface area contributed by atoms with Crippen LogP contribution < -0.4 is 15.8 Å². The summed E-state index contributed by atoms with van der Waals surface area (Å²) in [7, 11) is 1.61. The lowest BCUT2D eigenvalue weighted by Gasteiger charge is -2.21. The molecule has 0 saturated heterocycles. The second-order valence-electron chi connectivity index (χ2n) is 5.26. The van der Waals surface area contributed by atoms with Crippen molar-refractivity contribution in [2.75, 3.05) is 13.7 Å². The van der Waals surface area contributed by atoms with Crippen molar-refractivity contribution in [3.63, 3.8) is 0 Å². The average Bonchev–Trinajstić information content (AvgIpc) is 2.34. The number of nitrogens with one attached hydrogen (secondary N) is 1. The fraction of sp³-hybridized carbons (Fsp3) is 0.500. The second kappa shape index (κ2) is 6.43. The van der Waals surface area contributed by atoms with E-state index >= 15 is 0 Å². The molecule has 0 spiro atoms. The second-order valence-corrected chi connectivity index (χ2v) is 5.26. The number of amides is 1. The van der Waals surface area contributed by atoms with Gasteiger partial charge in [-0.05, 0) is 38.5 Å². The highest BCUT2D eigenvalue weighted by atomic mass is 16.6. The predicted octanol–water partition coefficient (Wildman–Crippen LogP) is 2.22. The molecule has 3 N–H and O–H groups in total. The molecular weight excluding hydrogens is 244 g/mol. The monoisotopic (exact) mass is 266 g/mol. The van der Waals surface area contributed by atoms with Crippen LogP contribution in [0.5, 0.6) is 5.75 Å². The molecule has 0 aliphatic heterocycles. The van der Waals surface area contributed by atoms with Crippen LogP contribution in [0.4, 0.5) is 4.79 Å². The zero-order valence-corrected chi connectivity index (χ0v) is 11.9. The summed E-state index contributed by atoms with van der Waals surface area (Å²) >= 11 is 0. The number of benzene rings is 1. The maximum absolute atomic E-state index is 11.5. The number of carbonyl (C=O) groups excluding carboxylic acids is 1. The van der Waals surface area contributed by atoms with Gasteiger partial charge in [0.1, 0.15) is 11.4 Å². The van der Waals surface area contributed by atoms with Gasteiger partial charge in [-0.1, -0.05) is 12.1 Å². The topological polar surface area (TPSA) is 73.6 Å². The van der Waals surface area contributed by atoms with Crippen LogP contribution in [-0.2, 0) is 4.74 Å². The summed E-state index contributed by atoms with van der Waals surface area (Å²) in [5.41, 5.74) is 6.41. The Labute approximate surface area is 114 Å². The first-order valence-corrected chi connectivity index (χ1v) is 6.18. The van der Waals surface area contributed by atoms with Crippen LogP contribution in [0, 0.1) is 0 Å². The van der Waals surface area contributed by atoms with Crippen molar-refractivity contribution in [2.24, 2.45) is 5.73 Å². The van der Waals surface area contributed by atoms with Gasteiger partial charge in [-0.25, -0.2) is 4.79 Å². The fourth-order valence-electron chi connectivity index (χ4n) is 1.48. The van der Waals surface area contributed by atoms with E-state index in [2.05, 4.69) is 5.32 Å². The number of hydrogen-bond acceptors (Lipinski definition) is 4. The first kappa shape index (κ1) is 15.3. The van der Waals surface area contributed by atoms with Gasteiger partial charge < -0.3 is 20.5 Å². The Bertz CT molecular complexity index is 410. The molecule has 0 aliphatic carbocycles. The zero-order valence-electron chi connectivity index (χ0n) is 11.9. The number of rotatable bonds is 4. The molecule has 1 amide bonds. The standard InChI is InChI=1S/C14H22N2O3/c1-14(2,3)19-13(17)16-9-12(15)10-5-7-11(18-4)8-6-10/h5-8,12H,9,15H2,1-4H3,(H,16,17)/t12-/m1/s1. The van der Waals surface area contributed by atoms with E-state index in [1.54, 1.807) is 7.11 Å². The fourth-order valence-corrected chi connectivity index (χ4v) is 1.48. The molecule has 106 valence electrons. The first-order valence-electron chi connectivity index (χ1n) is 6.18. The molecule has 19 heavy (non-hydrogen) atoms. The van der Waals surface area contributed by atoms with Gasteiger partial charge in [0.2, 0.25) is 0 Å². The number of ether oxygens (including phenoxy) is 2. The summed E-state index contributed by atoms with van der Waals surface area (Å²) in [6.07, 6.45) is -0.462. The van der Waals surface area contributed by atoms with Crippen molar-refractivity contribution in [1.82, 2.24) is 5.32 Å². The van der Waals surface area contributed by atoms with Crippen LogP contribution in [0.25, 0.3) is 0 Å². The summed E-state index contributed by atoms with van der Waals surface area (Å²) < 4.78 is 10.2. The molecule has 5 heteroatoms. The largest absolute Gasteiger partial charge is 0.497 e. The minimum atomic E-state index is -0.506. The maximum Gasteiger partial charge on any atom is 0.407 e. The van der Waals surface area contributed by atoms with Crippen molar-refractivity contribution in [3.05, 3.63) is 29.8 Å². The quantitative estimate of drug-likeness (QED) is 0.876. The molecule has 1 aromatic carbocycles.